The normalized spacial score (nSPS) is 17.4. The Kier molecular flexibility index (Phi) is 6.76. The molecule has 1 saturated carbocycles. The van der Waals surface area contributed by atoms with Gasteiger partial charge in [0.05, 0.1) is 12.7 Å². The van der Waals surface area contributed by atoms with Gasteiger partial charge in [0.1, 0.15) is 18.0 Å². The van der Waals surface area contributed by atoms with Crippen molar-refractivity contribution in [3.63, 3.8) is 0 Å². The number of aryl methyl sites for hydroxylation is 2. The zero-order valence-corrected chi connectivity index (χ0v) is 19.1. The largest absolute Gasteiger partial charge is 0.471 e. The fraction of sp³-hybridized carbons (Fsp3) is 0.500. The summed E-state index contributed by atoms with van der Waals surface area (Å²) in [4.78, 5) is 45.6. The molecule has 1 atom stereocenters. The van der Waals surface area contributed by atoms with Crippen LogP contribution in [0.25, 0.3) is 22.6 Å². The van der Waals surface area contributed by atoms with E-state index in [-0.39, 0.29) is 12.0 Å². The van der Waals surface area contributed by atoms with Gasteiger partial charge in [-0.05, 0) is 33.1 Å². The number of anilines is 1. The van der Waals surface area contributed by atoms with Crippen LogP contribution in [-0.4, -0.2) is 73.0 Å². The van der Waals surface area contributed by atoms with Crippen molar-refractivity contribution in [1.29, 1.82) is 0 Å². The summed E-state index contributed by atoms with van der Waals surface area (Å²) in [6.45, 7) is 6.54. The van der Waals surface area contributed by atoms with Gasteiger partial charge in [0.25, 0.3) is 6.47 Å². The van der Waals surface area contributed by atoms with Crippen molar-refractivity contribution in [2.45, 2.75) is 45.7 Å². The fourth-order valence-corrected chi connectivity index (χ4v) is 3.93. The zero-order valence-electron chi connectivity index (χ0n) is 19.1. The monoisotopic (exact) mass is 452 g/mol. The van der Waals surface area contributed by atoms with Gasteiger partial charge in [0, 0.05) is 44.0 Å². The van der Waals surface area contributed by atoms with Crippen molar-refractivity contribution in [3.8, 4) is 11.4 Å². The minimum atomic E-state index is 0.175. The zero-order chi connectivity index (χ0) is 23.4. The summed E-state index contributed by atoms with van der Waals surface area (Å²) in [5.41, 5.74) is 2.37. The molecule has 5 rings (SSSR count). The number of carbonyl (C=O) groups excluding carboxylic acids is 2. The van der Waals surface area contributed by atoms with Gasteiger partial charge in [0.2, 0.25) is 5.91 Å². The second kappa shape index (κ2) is 9.88. The van der Waals surface area contributed by atoms with Gasteiger partial charge in [-0.25, -0.2) is 24.9 Å². The Morgan fingerprint density at radius 2 is 1.94 bits per heavy atom. The number of ether oxygens (including phenoxy) is 1. The third-order valence-electron chi connectivity index (χ3n) is 5.75. The Bertz CT molecular complexity index is 1130. The summed E-state index contributed by atoms with van der Waals surface area (Å²) in [5.74, 6) is 2.78. The molecule has 1 N–H and O–H groups in total. The van der Waals surface area contributed by atoms with Gasteiger partial charge in [-0.2, -0.15) is 0 Å². The molecule has 3 aromatic heterocycles. The van der Waals surface area contributed by atoms with Crippen LogP contribution in [0.1, 0.15) is 32.0 Å². The number of hydrogen-bond acceptors (Lipinski definition) is 9. The van der Waals surface area contributed by atoms with Crippen LogP contribution in [0.2, 0.25) is 0 Å². The van der Waals surface area contributed by atoms with E-state index in [1.165, 1.54) is 7.11 Å². The first-order chi connectivity index (χ1) is 16.0. The van der Waals surface area contributed by atoms with Gasteiger partial charge in [-0.1, -0.05) is 0 Å². The highest BCUT2D eigenvalue weighted by atomic mass is 16.5. The molecule has 33 heavy (non-hydrogen) atoms. The highest BCUT2D eigenvalue weighted by Crippen LogP contribution is 2.33. The smallest absolute Gasteiger partial charge is 0.292 e. The highest BCUT2D eigenvalue weighted by Gasteiger charge is 2.36. The minimum Gasteiger partial charge on any atom is -0.471 e. The number of methoxy groups -OCH3 is 1. The van der Waals surface area contributed by atoms with Gasteiger partial charge in [-0.3, -0.25) is 9.59 Å². The lowest BCUT2D eigenvalue weighted by Gasteiger charge is -2.17. The number of likely N-dealkylation sites (tertiary alicyclic amines) is 1. The van der Waals surface area contributed by atoms with Crippen molar-refractivity contribution in [2.24, 2.45) is 5.92 Å². The van der Waals surface area contributed by atoms with E-state index in [0.717, 1.165) is 60.7 Å². The Morgan fingerprint density at radius 1 is 1.21 bits per heavy atom. The summed E-state index contributed by atoms with van der Waals surface area (Å²) in [5, 5.41) is 3.50. The molecule has 0 spiro atoms. The van der Waals surface area contributed by atoms with Gasteiger partial charge in [0.15, 0.2) is 17.0 Å². The highest BCUT2D eigenvalue weighted by molar-refractivity contribution is 5.86. The first-order valence-electron chi connectivity index (χ1n) is 11.1. The molecular weight excluding hydrogens is 424 g/mol. The summed E-state index contributed by atoms with van der Waals surface area (Å²) in [6, 6.07) is 0.175. The average Bonchev–Trinajstić information content (AvgIpc) is 3.47. The summed E-state index contributed by atoms with van der Waals surface area (Å²) >= 11 is 0. The van der Waals surface area contributed by atoms with Gasteiger partial charge in [-0.15, -0.1) is 0 Å². The maximum Gasteiger partial charge on any atom is 0.292 e. The number of aromatic nitrogens is 6. The van der Waals surface area contributed by atoms with E-state index >= 15 is 0 Å². The summed E-state index contributed by atoms with van der Waals surface area (Å²) < 4.78 is 5.91. The molecule has 11 heteroatoms. The van der Waals surface area contributed by atoms with Gasteiger partial charge < -0.3 is 19.5 Å². The third kappa shape index (κ3) is 4.91. The van der Waals surface area contributed by atoms with Crippen LogP contribution < -0.4 is 5.32 Å². The predicted molar refractivity (Wildman–Crippen MR) is 121 cm³/mol. The predicted octanol–water partition coefficient (Wildman–Crippen LogP) is 1.82. The Balaban J connectivity index is 0.000000601. The summed E-state index contributed by atoms with van der Waals surface area (Å²) in [6.07, 6.45) is 8.14. The lowest BCUT2D eigenvalue weighted by molar-refractivity contribution is -0.131. The second-order valence-corrected chi connectivity index (χ2v) is 8.11. The summed E-state index contributed by atoms with van der Waals surface area (Å²) in [7, 11) is 1.31. The Morgan fingerprint density at radius 3 is 2.58 bits per heavy atom. The maximum atomic E-state index is 12.3. The molecule has 1 amide bonds. The lowest BCUT2D eigenvalue weighted by Crippen LogP contribution is -2.32. The maximum absolute atomic E-state index is 12.3. The van der Waals surface area contributed by atoms with Crippen LogP contribution in [0.15, 0.2) is 18.7 Å². The number of rotatable bonds is 6. The van der Waals surface area contributed by atoms with E-state index in [2.05, 4.69) is 36.9 Å². The molecule has 2 fully saturated rings. The molecule has 1 saturated heterocycles. The molecule has 3 aromatic rings. The molecule has 1 aliphatic carbocycles. The first-order valence-corrected chi connectivity index (χ1v) is 11.1. The molecule has 0 radical (unpaired) electrons. The molecule has 1 aliphatic heterocycles. The average molecular weight is 453 g/mol. The van der Waals surface area contributed by atoms with E-state index in [0.29, 0.717) is 24.7 Å². The number of imidazole rings is 1. The molecule has 1 unspecified atom stereocenters. The molecule has 174 valence electrons. The molecular formula is C22H28N8O3. The Hall–Kier alpha value is -3.63. The van der Waals surface area contributed by atoms with E-state index in [4.69, 9.17) is 9.78 Å². The Labute approximate surface area is 191 Å². The van der Waals surface area contributed by atoms with Crippen LogP contribution in [0.5, 0.6) is 0 Å². The molecule has 2 aliphatic rings. The molecule has 4 heterocycles. The molecule has 0 aromatic carbocycles. The SMILES string of the molecule is CCn1c(-c2cnc(C)nc2)nc2c(NC3CCN(C(=O)C4CC4)C3)ncnc21.COC=O. The van der Waals surface area contributed by atoms with E-state index in [9.17, 15) is 4.79 Å². The van der Waals surface area contributed by atoms with Crippen LogP contribution >= 0.6 is 0 Å². The number of nitrogens with one attached hydrogen (secondary N) is 1. The van der Waals surface area contributed by atoms with E-state index in [1.807, 2.05) is 16.4 Å². The quantitative estimate of drug-likeness (QED) is 0.557. The topological polar surface area (TPSA) is 128 Å². The number of hydrogen-bond donors (Lipinski definition) is 1. The van der Waals surface area contributed by atoms with Crippen LogP contribution in [0, 0.1) is 12.8 Å². The second-order valence-electron chi connectivity index (χ2n) is 8.11. The first kappa shape index (κ1) is 22.6. The van der Waals surface area contributed by atoms with Crippen molar-refractivity contribution >= 4 is 29.4 Å². The van der Waals surface area contributed by atoms with Crippen molar-refractivity contribution in [3.05, 3.63) is 24.5 Å². The standard InChI is InChI=1S/C20H24N8O.C2H4O2/c1-3-28-18(14-8-21-12(2)22-9-14)26-16-17(23-11-24-19(16)28)25-15-6-7-27(10-15)20(29)13-4-5-13;1-4-2-3/h8-9,11,13,15H,3-7,10H2,1-2H3,(H,23,24,25);2H,1H3. The number of amides is 1. The van der Waals surface area contributed by atoms with E-state index in [1.54, 1.807) is 18.7 Å². The van der Waals surface area contributed by atoms with E-state index < -0.39 is 0 Å². The van der Waals surface area contributed by atoms with Gasteiger partial charge >= 0.3 is 0 Å². The van der Waals surface area contributed by atoms with Crippen molar-refractivity contribution in [1.82, 2.24) is 34.4 Å². The van der Waals surface area contributed by atoms with Crippen molar-refractivity contribution in [2.75, 3.05) is 25.5 Å². The number of fused-ring (bicyclic) bond motifs is 1. The van der Waals surface area contributed by atoms with Crippen molar-refractivity contribution < 1.29 is 14.3 Å². The third-order valence-corrected chi connectivity index (χ3v) is 5.75. The minimum absolute atomic E-state index is 0.175. The van der Waals surface area contributed by atoms with Crippen LogP contribution in [0.3, 0.4) is 0 Å². The molecule has 0 bridgehead atoms. The fourth-order valence-electron chi connectivity index (χ4n) is 3.93. The number of nitrogens with zero attached hydrogens (tertiary/aromatic N) is 7. The van der Waals surface area contributed by atoms with Crippen LogP contribution in [0.4, 0.5) is 5.82 Å². The number of carbonyl (C=O) groups is 2. The molecule has 11 nitrogen and oxygen atoms in total. The van der Waals surface area contributed by atoms with Crippen LogP contribution in [-0.2, 0) is 20.9 Å². The lowest BCUT2D eigenvalue weighted by atomic mass is 10.2.